The molecular formula is C11H12N4S. The predicted molar refractivity (Wildman–Crippen MR) is 68.4 cm³/mol. The Labute approximate surface area is 98.0 Å². The Kier molecular flexibility index (Phi) is 3.16. The van der Waals surface area contributed by atoms with E-state index < -0.39 is 0 Å². The average Bonchev–Trinajstić information content (AvgIpc) is 2.69. The van der Waals surface area contributed by atoms with Crippen LogP contribution < -0.4 is 11.1 Å². The van der Waals surface area contributed by atoms with Crippen molar-refractivity contribution in [1.29, 1.82) is 0 Å². The summed E-state index contributed by atoms with van der Waals surface area (Å²) in [6.07, 6.45) is 5.30. The summed E-state index contributed by atoms with van der Waals surface area (Å²) in [6, 6.07) is 3.84. The minimum absolute atomic E-state index is 0.532. The van der Waals surface area contributed by atoms with Crippen LogP contribution in [-0.4, -0.2) is 15.9 Å². The van der Waals surface area contributed by atoms with E-state index in [1.807, 2.05) is 12.1 Å². The van der Waals surface area contributed by atoms with Gasteiger partial charge in [0.05, 0.1) is 5.56 Å². The molecule has 5 heteroatoms. The summed E-state index contributed by atoms with van der Waals surface area (Å²) in [6.45, 7) is 4.35. The van der Waals surface area contributed by atoms with Crippen LogP contribution in [0.4, 0.5) is 10.8 Å². The molecule has 0 radical (unpaired) electrons. The minimum Gasteiger partial charge on any atom is -0.382 e. The molecule has 0 saturated carbocycles. The van der Waals surface area contributed by atoms with Crippen molar-refractivity contribution in [2.75, 3.05) is 17.6 Å². The van der Waals surface area contributed by atoms with Gasteiger partial charge in [0.1, 0.15) is 10.8 Å². The van der Waals surface area contributed by atoms with Gasteiger partial charge >= 0.3 is 0 Å². The highest BCUT2D eigenvalue weighted by Crippen LogP contribution is 2.35. The quantitative estimate of drug-likeness (QED) is 0.794. The van der Waals surface area contributed by atoms with Gasteiger partial charge in [-0.1, -0.05) is 12.1 Å². The second kappa shape index (κ2) is 4.76. The van der Waals surface area contributed by atoms with Crippen molar-refractivity contribution in [1.82, 2.24) is 9.36 Å². The lowest BCUT2D eigenvalue weighted by atomic mass is 10.1. The first-order chi connectivity index (χ1) is 7.83. The molecule has 0 aromatic carbocycles. The first-order valence-corrected chi connectivity index (χ1v) is 5.60. The van der Waals surface area contributed by atoms with E-state index in [2.05, 4.69) is 21.3 Å². The van der Waals surface area contributed by atoms with Crippen LogP contribution >= 0.6 is 11.5 Å². The van der Waals surface area contributed by atoms with Crippen LogP contribution in [0.15, 0.2) is 37.2 Å². The molecule has 82 valence electrons. The summed E-state index contributed by atoms with van der Waals surface area (Å²) in [5, 5.41) is 4.16. The maximum atomic E-state index is 5.85. The van der Waals surface area contributed by atoms with Crippen LogP contribution in [0.5, 0.6) is 0 Å². The Morgan fingerprint density at radius 2 is 2.44 bits per heavy atom. The predicted octanol–water partition coefficient (Wildman–Crippen LogP) is 2.39. The van der Waals surface area contributed by atoms with E-state index in [0.29, 0.717) is 12.4 Å². The lowest BCUT2D eigenvalue weighted by Gasteiger charge is -2.04. The van der Waals surface area contributed by atoms with Crippen LogP contribution in [0.3, 0.4) is 0 Å². The average molecular weight is 232 g/mol. The Hall–Kier alpha value is -1.88. The normalized spacial score (nSPS) is 10.0. The second-order valence-corrected chi connectivity index (χ2v) is 3.96. The maximum Gasteiger partial charge on any atom is 0.147 e. The molecule has 2 rings (SSSR count). The Balaban J connectivity index is 2.39. The molecule has 16 heavy (non-hydrogen) atoms. The van der Waals surface area contributed by atoms with Crippen molar-refractivity contribution < 1.29 is 0 Å². The van der Waals surface area contributed by atoms with Gasteiger partial charge in [-0.25, -0.2) is 0 Å². The van der Waals surface area contributed by atoms with Gasteiger partial charge in [-0.15, -0.1) is 6.58 Å². The molecule has 0 saturated heterocycles. The minimum atomic E-state index is 0.532. The van der Waals surface area contributed by atoms with Crippen molar-refractivity contribution in [3.8, 4) is 11.1 Å². The first-order valence-electron chi connectivity index (χ1n) is 4.83. The molecule has 0 aliphatic carbocycles. The highest BCUT2D eigenvalue weighted by Gasteiger charge is 2.12. The molecule has 0 unspecified atom stereocenters. The number of anilines is 2. The number of nitrogens with one attached hydrogen (secondary N) is 1. The zero-order valence-electron chi connectivity index (χ0n) is 8.68. The Morgan fingerprint density at radius 3 is 3.12 bits per heavy atom. The van der Waals surface area contributed by atoms with Crippen LogP contribution in [0.2, 0.25) is 0 Å². The van der Waals surface area contributed by atoms with E-state index in [0.717, 1.165) is 16.1 Å². The van der Waals surface area contributed by atoms with Gasteiger partial charge in [0.25, 0.3) is 0 Å². The summed E-state index contributed by atoms with van der Waals surface area (Å²) >= 11 is 1.35. The fourth-order valence-corrected chi connectivity index (χ4v) is 2.12. The van der Waals surface area contributed by atoms with Gasteiger partial charge in [0, 0.05) is 24.5 Å². The summed E-state index contributed by atoms with van der Waals surface area (Å²) < 4.78 is 4.14. The molecule has 4 nitrogen and oxygen atoms in total. The monoisotopic (exact) mass is 232 g/mol. The van der Waals surface area contributed by atoms with Crippen LogP contribution in [0, 0.1) is 0 Å². The smallest absolute Gasteiger partial charge is 0.147 e. The van der Waals surface area contributed by atoms with E-state index in [4.69, 9.17) is 5.73 Å². The standard InChI is InChI=1S/C11H12N4S/c1-2-5-14-11-9(10(12)15-16-11)8-4-3-6-13-7-8/h2-4,6-7,14H,1,5H2,(H2,12,15). The number of rotatable bonds is 4. The molecule has 2 aromatic rings. The molecule has 0 fully saturated rings. The van der Waals surface area contributed by atoms with Gasteiger partial charge < -0.3 is 11.1 Å². The fraction of sp³-hybridized carbons (Fsp3) is 0.0909. The number of pyridine rings is 1. The molecule has 3 N–H and O–H groups in total. The van der Waals surface area contributed by atoms with E-state index in [-0.39, 0.29) is 0 Å². The number of hydrogen-bond donors (Lipinski definition) is 2. The van der Waals surface area contributed by atoms with Gasteiger partial charge in [0.2, 0.25) is 0 Å². The molecule has 0 amide bonds. The topological polar surface area (TPSA) is 63.8 Å². The largest absolute Gasteiger partial charge is 0.382 e. The van der Waals surface area contributed by atoms with E-state index in [9.17, 15) is 0 Å². The third-order valence-electron chi connectivity index (χ3n) is 2.08. The molecule has 0 spiro atoms. The molecule has 0 atom stereocenters. The molecule has 2 aromatic heterocycles. The van der Waals surface area contributed by atoms with E-state index >= 15 is 0 Å². The zero-order valence-corrected chi connectivity index (χ0v) is 9.50. The van der Waals surface area contributed by atoms with Gasteiger partial charge in [0.15, 0.2) is 0 Å². The lowest BCUT2D eigenvalue weighted by Crippen LogP contribution is -1.97. The third-order valence-corrected chi connectivity index (χ3v) is 2.89. The molecule has 0 aliphatic rings. The number of nitrogen functional groups attached to an aromatic ring is 1. The summed E-state index contributed by atoms with van der Waals surface area (Å²) in [7, 11) is 0. The third kappa shape index (κ3) is 2.04. The van der Waals surface area contributed by atoms with Crippen molar-refractivity contribution in [3.63, 3.8) is 0 Å². The zero-order chi connectivity index (χ0) is 11.4. The second-order valence-electron chi connectivity index (χ2n) is 3.18. The Bertz CT molecular complexity index is 478. The summed E-state index contributed by atoms with van der Waals surface area (Å²) in [5.41, 5.74) is 7.74. The van der Waals surface area contributed by atoms with Crippen molar-refractivity contribution >= 4 is 22.4 Å². The highest BCUT2D eigenvalue weighted by molar-refractivity contribution is 7.11. The first kappa shape index (κ1) is 10.6. The van der Waals surface area contributed by atoms with Gasteiger partial charge in [-0.3, -0.25) is 4.98 Å². The SMILES string of the molecule is C=CCNc1snc(N)c1-c1cccnc1. The van der Waals surface area contributed by atoms with Crippen molar-refractivity contribution in [3.05, 3.63) is 37.2 Å². The van der Waals surface area contributed by atoms with E-state index in [1.165, 1.54) is 11.5 Å². The fourth-order valence-electron chi connectivity index (χ4n) is 1.38. The van der Waals surface area contributed by atoms with Crippen LogP contribution in [0.1, 0.15) is 0 Å². The maximum absolute atomic E-state index is 5.85. The summed E-state index contributed by atoms with van der Waals surface area (Å²) in [4.78, 5) is 4.08. The van der Waals surface area contributed by atoms with E-state index in [1.54, 1.807) is 18.5 Å². The van der Waals surface area contributed by atoms with Crippen LogP contribution in [0.25, 0.3) is 11.1 Å². The molecule has 2 heterocycles. The highest BCUT2D eigenvalue weighted by atomic mass is 32.1. The van der Waals surface area contributed by atoms with Gasteiger partial charge in [-0.05, 0) is 17.6 Å². The van der Waals surface area contributed by atoms with Crippen molar-refractivity contribution in [2.24, 2.45) is 0 Å². The summed E-state index contributed by atoms with van der Waals surface area (Å²) in [5.74, 6) is 0.532. The molecular weight excluding hydrogens is 220 g/mol. The Morgan fingerprint density at radius 1 is 1.56 bits per heavy atom. The number of nitrogens with two attached hydrogens (primary N) is 1. The van der Waals surface area contributed by atoms with Gasteiger partial charge in [-0.2, -0.15) is 4.37 Å². The number of nitrogens with zero attached hydrogens (tertiary/aromatic N) is 2. The lowest BCUT2D eigenvalue weighted by molar-refractivity contribution is 1.32. The molecule has 0 aliphatic heterocycles. The number of hydrogen-bond acceptors (Lipinski definition) is 5. The number of aromatic nitrogens is 2. The van der Waals surface area contributed by atoms with Crippen molar-refractivity contribution in [2.45, 2.75) is 0 Å². The van der Waals surface area contributed by atoms with Crippen LogP contribution in [-0.2, 0) is 0 Å². The molecule has 0 bridgehead atoms.